The molecule has 62 heavy (non-hydrogen) atoms. The number of aliphatic hydroxyl groups excluding tert-OH is 2. The minimum Gasteiger partial charge on any atom is -0.508 e. The molecule has 4 rings (SSSR count). The van der Waals surface area contributed by atoms with E-state index >= 15 is 0 Å². The summed E-state index contributed by atoms with van der Waals surface area (Å²) in [6, 6.07) is 8.75. The molecule has 1 saturated heterocycles. The van der Waals surface area contributed by atoms with Crippen molar-refractivity contribution >= 4 is 41.2 Å². The highest BCUT2D eigenvalue weighted by Gasteiger charge is 2.39. The van der Waals surface area contributed by atoms with Gasteiger partial charge < -0.3 is 40.8 Å². The Hall–Kier alpha value is -5.97. The number of hydroxylamine groups is 2. The Labute approximate surface area is 362 Å². The number of ketones is 1. The Balaban J connectivity index is 1.70. The van der Waals surface area contributed by atoms with E-state index in [2.05, 4.69) is 20.9 Å². The quantitative estimate of drug-likeness (QED) is 0.114. The lowest BCUT2D eigenvalue weighted by atomic mass is 9.84. The van der Waals surface area contributed by atoms with Crippen molar-refractivity contribution in [3.8, 4) is 5.75 Å². The summed E-state index contributed by atoms with van der Waals surface area (Å²) in [4.78, 5) is 90.6. The number of amides is 4. The molecule has 334 valence electrons. The molecule has 8 atom stereocenters. The number of pyridine rings is 1. The Morgan fingerprint density at radius 3 is 2.50 bits per heavy atom. The van der Waals surface area contributed by atoms with Crippen molar-refractivity contribution in [2.75, 3.05) is 11.9 Å². The summed E-state index contributed by atoms with van der Waals surface area (Å²) in [6.45, 7) is 8.10. The first kappa shape index (κ1) is 48.7. The van der Waals surface area contributed by atoms with Crippen LogP contribution in [0.25, 0.3) is 0 Å². The Bertz CT molecular complexity index is 2000. The van der Waals surface area contributed by atoms with Crippen LogP contribution in [0.2, 0.25) is 0 Å². The number of hydrogen-bond donors (Lipinski definition) is 6. The van der Waals surface area contributed by atoms with E-state index in [0.29, 0.717) is 23.4 Å². The van der Waals surface area contributed by atoms with E-state index in [1.165, 1.54) is 37.3 Å². The number of nitrogens with zero attached hydrogens (tertiary/aromatic N) is 2. The van der Waals surface area contributed by atoms with Crippen molar-refractivity contribution < 1.29 is 53.7 Å². The van der Waals surface area contributed by atoms with Gasteiger partial charge in [0.25, 0.3) is 5.91 Å². The molecule has 1 aromatic carbocycles. The molecule has 4 amide bonds. The number of carbonyl (C=O) groups is 6. The first-order chi connectivity index (χ1) is 29.5. The molecule has 2 aliphatic heterocycles. The number of anilines is 1. The van der Waals surface area contributed by atoms with Crippen molar-refractivity contribution in [2.45, 2.75) is 110 Å². The van der Waals surface area contributed by atoms with Crippen LogP contribution in [0.1, 0.15) is 72.3 Å². The van der Waals surface area contributed by atoms with E-state index in [1.807, 2.05) is 0 Å². The number of Topliss-reactive ketones (excluding diaryl/α,β-unsaturated/α-hetero) is 1. The monoisotopic (exact) mass is 857 g/mol. The first-order valence-corrected chi connectivity index (χ1v) is 20.9. The molecule has 1 fully saturated rings. The van der Waals surface area contributed by atoms with E-state index in [9.17, 15) is 44.1 Å². The molecule has 1 unspecified atom stereocenters. The molecule has 6 N–H and O–H groups in total. The van der Waals surface area contributed by atoms with Crippen molar-refractivity contribution in [1.82, 2.24) is 20.7 Å². The second-order valence-electron chi connectivity index (χ2n) is 16.0. The Kier molecular flexibility index (Phi) is 18.8. The van der Waals surface area contributed by atoms with Gasteiger partial charge >= 0.3 is 5.97 Å². The summed E-state index contributed by atoms with van der Waals surface area (Å²) < 4.78 is 5.97. The van der Waals surface area contributed by atoms with Gasteiger partial charge in [0, 0.05) is 44.0 Å². The average molecular weight is 858 g/mol. The number of fused-ring (bicyclic) bond motifs is 2. The lowest BCUT2D eigenvalue weighted by molar-refractivity contribution is -0.231. The predicted octanol–water partition coefficient (Wildman–Crippen LogP) is 3.79. The fourth-order valence-corrected chi connectivity index (χ4v) is 6.91. The van der Waals surface area contributed by atoms with Crippen molar-refractivity contribution in [3.63, 3.8) is 0 Å². The van der Waals surface area contributed by atoms with Crippen LogP contribution in [-0.2, 0) is 44.8 Å². The fourth-order valence-electron chi connectivity index (χ4n) is 6.91. The molecule has 3 heterocycles. The smallest absolute Gasteiger partial charge is 0.338 e. The molecule has 16 heteroatoms. The summed E-state index contributed by atoms with van der Waals surface area (Å²) in [5.41, 5.74) is 1.06. The largest absolute Gasteiger partial charge is 0.508 e. The lowest BCUT2D eigenvalue weighted by Gasteiger charge is -2.35. The van der Waals surface area contributed by atoms with Gasteiger partial charge in [-0.05, 0) is 74.4 Å². The van der Waals surface area contributed by atoms with Crippen LogP contribution in [0.3, 0.4) is 0 Å². The maximum absolute atomic E-state index is 14.3. The van der Waals surface area contributed by atoms with Gasteiger partial charge in [-0.15, -0.1) is 0 Å². The number of nitrogens with one attached hydrogen (secondary N) is 3. The first-order valence-electron chi connectivity index (χ1n) is 20.9. The molecule has 0 saturated carbocycles. The number of cyclic esters (lactones) is 1. The van der Waals surface area contributed by atoms with Gasteiger partial charge in [0.05, 0.1) is 18.1 Å². The zero-order chi connectivity index (χ0) is 45.3. The third-order valence-electron chi connectivity index (χ3n) is 10.6. The van der Waals surface area contributed by atoms with Crippen molar-refractivity contribution in [2.24, 2.45) is 17.8 Å². The second kappa shape index (κ2) is 23.9. The number of aliphatic hydroxyl groups is 2. The van der Waals surface area contributed by atoms with Gasteiger partial charge in [-0.25, -0.2) is 14.8 Å². The number of benzene rings is 1. The number of aromatic nitrogens is 1. The van der Waals surface area contributed by atoms with Gasteiger partial charge in [-0.1, -0.05) is 75.4 Å². The predicted molar refractivity (Wildman–Crippen MR) is 229 cm³/mol. The summed E-state index contributed by atoms with van der Waals surface area (Å²) >= 11 is 0. The van der Waals surface area contributed by atoms with Crippen LogP contribution < -0.4 is 16.0 Å². The molecule has 2 aliphatic rings. The number of rotatable bonds is 10. The normalized spacial score (nSPS) is 26.3. The maximum atomic E-state index is 14.3. The van der Waals surface area contributed by atoms with Gasteiger partial charge in [0.2, 0.25) is 17.7 Å². The van der Waals surface area contributed by atoms with E-state index in [1.54, 1.807) is 88.5 Å². The van der Waals surface area contributed by atoms with Gasteiger partial charge in [-0.2, -0.15) is 0 Å². The number of allylic oxidation sites excluding steroid dienone is 4. The number of phenolic OH excluding ortho intramolecular Hbond substituents is 1. The number of phenols is 1. The fraction of sp³-hybridized carbons (Fsp3) is 0.457. The Morgan fingerprint density at radius 1 is 1.03 bits per heavy atom. The number of ether oxygens (including phenoxy) is 1. The topological polar surface area (TPSA) is 234 Å². The number of esters is 1. The number of carbonyl (C=O) groups excluding carboxylic acids is 6. The summed E-state index contributed by atoms with van der Waals surface area (Å²) in [6.07, 6.45) is 8.06. The van der Waals surface area contributed by atoms with Crippen LogP contribution in [0.5, 0.6) is 5.75 Å². The van der Waals surface area contributed by atoms with E-state index in [0.717, 1.165) is 5.06 Å². The zero-order valence-corrected chi connectivity index (χ0v) is 35.8. The summed E-state index contributed by atoms with van der Waals surface area (Å²) in [5, 5.41) is 41.9. The second-order valence-corrected chi connectivity index (χ2v) is 16.0. The van der Waals surface area contributed by atoms with Gasteiger partial charge in [-0.3, -0.25) is 24.0 Å². The van der Waals surface area contributed by atoms with Crippen LogP contribution in [0, 0.1) is 17.8 Å². The third-order valence-corrected chi connectivity index (χ3v) is 10.6. The number of aromatic hydroxyl groups is 1. The van der Waals surface area contributed by atoms with E-state index < -0.39 is 83.9 Å². The molecule has 1 aromatic heterocycles. The summed E-state index contributed by atoms with van der Waals surface area (Å²) in [5.74, 6) is -5.83. The highest BCUT2D eigenvalue weighted by atomic mass is 16.7. The molecule has 2 bridgehead atoms. The zero-order valence-electron chi connectivity index (χ0n) is 35.8. The van der Waals surface area contributed by atoms with Gasteiger partial charge in [0.1, 0.15) is 35.5 Å². The van der Waals surface area contributed by atoms with E-state index in [4.69, 9.17) is 9.57 Å². The van der Waals surface area contributed by atoms with Crippen LogP contribution in [0.15, 0.2) is 96.8 Å². The summed E-state index contributed by atoms with van der Waals surface area (Å²) in [7, 11) is 0. The number of hydrogen-bond acceptors (Lipinski definition) is 12. The van der Waals surface area contributed by atoms with Crippen molar-refractivity contribution in [1.29, 1.82) is 0 Å². The average Bonchev–Trinajstić information content (AvgIpc) is 3.23. The minimum absolute atomic E-state index is 0.0415. The van der Waals surface area contributed by atoms with Crippen molar-refractivity contribution in [3.05, 3.63) is 102 Å². The molecule has 0 spiro atoms. The van der Waals surface area contributed by atoms with Crippen LogP contribution in [-0.4, -0.2) is 104 Å². The molecule has 0 radical (unpaired) electrons. The van der Waals surface area contributed by atoms with Crippen LogP contribution >= 0.6 is 0 Å². The highest BCUT2D eigenvalue weighted by molar-refractivity contribution is 5.98. The SMILES string of the molecule is CC(=O)CC[C@H]1C(=O)N[C@@H](C(C)C)C(=O)N[C@@H](Cc2cccc(O)c2)C(=O)N2CCCC(O2)C(=O)O[C@H](C(C)=CC=CC(=O)Nc2ccccn2)CC=CC=C[C@H](O)[C@H](C)[C@H]1O. The molecule has 2 aromatic rings. The lowest BCUT2D eigenvalue weighted by Crippen LogP contribution is -2.58. The minimum atomic E-state index is -1.44. The maximum Gasteiger partial charge on any atom is 0.338 e. The third kappa shape index (κ3) is 14.9. The standard InChI is InChI=1S/C46H59N5O11/c1-28(2)41-44(58)48-35(27-32-15-12-16-33(53)26-32)45(59)51-25-13-19-38(62-51)46(60)61-37(29(3)14-11-21-40(55)49-39-20-9-10-24-47-39)18-8-6-7-17-36(54)31(5)42(56)34(43(57)50-41)23-22-30(4)52/h6-12,14-17,20-21,24,26,28,31,34-38,41-42,53-54,56H,13,18-19,22-23,25,27H2,1-5H3,(H,48,58)(H,50,57)(H,47,49,55)/t31-,34+,35-,36-,37-,38?,41-,42+/m0/s1. The molecule has 16 nitrogen and oxygen atoms in total. The van der Waals surface area contributed by atoms with E-state index in [-0.39, 0.29) is 50.2 Å². The Morgan fingerprint density at radius 2 is 1.81 bits per heavy atom. The van der Waals surface area contributed by atoms with Crippen LogP contribution in [0.4, 0.5) is 5.82 Å². The molecular formula is C46H59N5O11. The highest BCUT2D eigenvalue weighted by Crippen LogP contribution is 2.25. The molecule has 0 aliphatic carbocycles. The van der Waals surface area contributed by atoms with Gasteiger partial charge in [0.15, 0.2) is 6.10 Å². The molecular weight excluding hydrogens is 799 g/mol.